The van der Waals surface area contributed by atoms with Crippen LogP contribution in [-0.4, -0.2) is 55.8 Å². The van der Waals surface area contributed by atoms with E-state index in [0.29, 0.717) is 24.7 Å². The Morgan fingerprint density at radius 1 is 1.38 bits per heavy atom. The van der Waals surface area contributed by atoms with Crippen LogP contribution in [0.3, 0.4) is 0 Å². The Labute approximate surface area is 147 Å². The summed E-state index contributed by atoms with van der Waals surface area (Å²) in [5, 5.41) is 13.4. The van der Waals surface area contributed by atoms with Gasteiger partial charge in [0.05, 0.1) is 23.2 Å². The Bertz CT molecular complexity index is 592. The average Bonchev–Trinajstić information content (AvgIpc) is 2.93. The molecule has 1 aromatic rings. The Hall–Kier alpha value is -1.50. The molecule has 0 bridgehead atoms. The van der Waals surface area contributed by atoms with E-state index in [9.17, 15) is 9.59 Å². The second-order valence-electron chi connectivity index (χ2n) is 6.57. The second-order valence-corrected chi connectivity index (χ2v) is 7.99. The van der Waals surface area contributed by atoms with E-state index < -0.39 is 5.97 Å². The van der Waals surface area contributed by atoms with Gasteiger partial charge in [-0.05, 0) is 31.4 Å². The zero-order chi connectivity index (χ0) is 17.9. The molecule has 1 fully saturated rings. The number of aromatic carboxylic acids is 1. The van der Waals surface area contributed by atoms with E-state index in [0.717, 1.165) is 18.6 Å². The van der Waals surface area contributed by atoms with Crippen molar-refractivity contribution in [3.63, 3.8) is 0 Å². The van der Waals surface area contributed by atoms with Gasteiger partial charge in [0.25, 0.3) is 0 Å². The molecule has 2 heterocycles. The first kappa shape index (κ1) is 18.8. The number of hydrogen-bond acceptors (Lipinski definition) is 4. The summed E-state index contributed by atoms with van der Waals surface area (Å²) in [5.74, 6) is 0.559. The lowest BCUT2D eigenvalue weighted by Gasteiger charge is -2.35. The van der Waals surface area contributed by atoms with Gasteiger partial charge in [0.15, 0.2) is 0 Å². The minimum Gasteiger partial charge on any atom is -0.478 e. The Morgan fingerprint density at radius 3 is 2.46 bits per heavy atom. The fourth-order valence-corrected chi connectivity index (χ4v) is 4.28. The van der Waals surface area contributed by atoms with Gasteiger partial charge >= 0.3 is 5.97 Å². The van der Waals surface area contributed by atoms with Crippen molar-refractivity contribution in [1.29, 1.82) is 0 Å². The van der Waals surface area contributed by atoms with Crippen LogP contribution in [0.2, 0.25) is 0 Å². The van der Waals surface area contributed by atoms with Gasteiger partial charge in [-0.2, -0.15) is 5.10 Å². The standard InChI is InChI=1S/C17H27N3O3S/c1-5-24-15(11(2)3)16(21)19-8-6-13(7-9-19)20-12(4)14(10-18-20)17(22)23/h10-11,13,15H,5-9H2,1-4H3,(H,22,23). The first-order valence-electron chi connectivity index (χ1n) is 8.54. The lowest BCUT2D eigenvalue weighted by Crippen LogP contribution is -2.45. The fourth-order valence-electron chi connectivity index (χ4n) is 3.24. The van der Waals surface area contributed by atoms with E-state index in [1.54, 1.807) is 18.7 Å². The number of rotatable bonds is 6. The highest BCUT2D eigenvalue weighted by Gasteiger charge is 2.31. The van der Waals surface area contributed by atoms with Crippen molar-refractivity contribution in [2.24, 2.45) is 5.92 Å². The maximum Gasteiger partial charge on any atom is 0.339 e. The van der Waals surface area contributed by atoms with Crippen molar-refractivity contribution in [3.8, 4) is 0 Å². The number of carboxylic acid groups (broad SMARTS) is 1. The zero-order valence-electron chi connectivity index (χ0n) is 14.9. The molecule has 134 valence electrons. The molecule has 1 atom stereocenters. The molecule has 0 spiro atoms. The summed E-state index contributed by atoms with van der Waals surface area (Å²) >= 11 is 1.72. The van der Waals surface area contributed by atoms with E-state index in [-0.39, 0.29) is 22.8 Å². The van der Waals surface area contributed by atoms with E-state index in [4.69, 9.17) is 5.11 Å². The van der Waals surface area contributed by atoms with Crippen LogP contribution in [0.1, 0.15) is 55.7 Å². The lowest BCUT2D eigenvalue weighted by atomic mass is 10.0. The first-order chi connectivity index (χ1) is 11.4. The molecule has 1 N–H and O–H groups in total. The van der Waals surface area contributed by atoms with Gasteiger partial charge in [0.2, 0.25) is 5.91 Å². The summed E-state index contributed by atoms with van der Waals surface area (Å²) in [5.41, 5.74) is 0.946. The molecular formula is C17H27N3O3S. The number of carbonyl (C=O) groups excluding carboxylic acids is 1. The molecule has 0 aromatic carbocycles. The van der Waals surface area contributed by atoms with Crippen molar-refractivity contribution < 1.29 is 14.7 Å². The monoisotopic (exact) mass is 353 g/mol. The summed E-state index contributed by atoms with van der Waals surface area (Å²) in [6, 6.07) is 0.165. The van der Waals surface area contributed by atoms with Gasteiger partial charge in [0.1, 0.15) is 5.56 Å². The Balaban J connectivity index is 2.00. The number of carbonyl (C=O) groups is 2. The number of amides is 1. The molecule has 2 rings (SSSR count). The predicted octanol–water partition coefficient (Wildman–Crippen LogP) is 2.83. The molecule has 24 heavy (non-hydrogen) atoms. The number of thioether (sulfide) groups is 1. The second kappa shape index (κ2) is 8.05. The van der Waals surface area contributed by atoms with Crippen molar-refractivity contribution in [2.75, 3.05) is 18.8 Å². The van der Waals surface area contributed by atoms with Crippen LogP contribution in [0.25, 0.3) is 0 Å². The van der Waals surface area contributed by atoms with Crippen LogP contribution < -0.4 is 0 Å². The highest BCUT2D eigenvalue weighted by atomic mass is 32.2. The number of nitrogens with zero attached hydrogens (tertiary/aromatic N) is 3. The van der Waals surface area contributed by atoms with Crippen LogP contribution in [-0.2, 0) is 4.79 Å². The van der Waals surface area contributed by atoms with Crippen LogP contribution in [0.4, 0.5) is 0 Å². The largest absolute Gasteiger partial charge is 0.478 e. The van der Waals surface area contributed by atoms with Crippen molar-refractivity contribution in [1.82, 2.24) is 14.7 Å². The number of aromatic nitrogens is 2. The third-order valence-electron chi connectivity index (χ3n) is 4.59. The molecule has 0 aliphatic carbocycles. The summed E-state index contributed by atoms with van der Waals surface area (Å²) in [4.78, 5) is 25.8. The maximum absolute atomic E-state index is 12.7. The molecule has 1 aliphatic rings. The van der Waals surface area contributed by atoms with Gasteiger partial charge in [-0.25, -0.2) is 4.79 Å². The SMILES string of the molecule is CCSC(C(=O)N1CCC(n2ncc(C(=O)O)c2C)CC1)C(C)C. The highest BCUT2D eigenvalue weighted by Crippen LogP contribution is 2.28. The zero-order valence-corrected chi connectivity index (χ0v) is 15.7. The lowest BCUT2D eigenvalue weighted by molar-refractivity contribution is -0.132. The summed E-state index contributed by atoms with van der Waals surface area (Å²) in [6.45, 7) is 9.48. The number of piperidine rings is 1. The summed E-state index contributed by atoms with van der Waals surface area (Å²) in [7, 11) is 0. The number of hydrogen-bond donors (Lipinski definition) is 1. The third kappa shape index (κ3) is 3.94. The molecule has 6 nitrogen and oxygen atoms in total. The maximum atomic E-state index is 12.7. The van der Waals surface area contributed by atoms with E-state index in [1.807, 2.05) is 9.58 Å². The number of carboxylic acids is 1. The van der Waals surface area contributed by atoms with Gasteiger partial charge in [-0.1, -0.05) is 20.8 Å². The first-order valence-corrected chi connectivity index (χ1v) is 9.59. The predicted molar refractivity (Wildman–Crippen MR) is 95.5 cm³/mol. The van der Waals surface area contributed by atoms with E-state index >= 15 is 0 Å². The number of likely N-dealkylation sites (tertiary alicyclic amines) is 1. The van der Waals surface area contributed by atoms with Gasteiger partial charge in [0, 0.05) is 13.1 Å². The normalized spacial score (nSPS) is 17.3. The molecule has 7 heteroatoms. The average molecular weight is 353 g/mol. The molecule has 0 saturated carbocycles. The van der Waals surface area contributed by atoms with Crippen LogP contribution >= 0.6 is 11.8 Å². The molecule has 1 aromatic heterocycles. The Kier molecular flexibility index (Phi) is 6.32. The van der Waals surface area contributed by atoms with Crippen LogP contribution in [0, 0.1) is 12.8 Å². The fraction of sp³-hybridized carbons (Fsp3) is 0.706. The molecule has 1 saturated heterocycles. The van der Waals surface area contributed by atoms with Gasteiger partial charge in [-0.15, -0.1) is 11.8 Å². The van der Waals surface area contributed by atoms with Crippen LogP contribution in [0.15, 0.2) is 6.20 Å². The van der Waals surface area contributed by atoms with Crippen molar-refractivity contribution >= 4 is 23.6 Å². The van der Waals surface area contributed by atoms with Gasteiger partial charge < -0.3 is 10.0 Å². The molecule has 1 unspecified atom stereocenters. The molecule has 1 amide bonds. The minimum absolute atomic E-state index is 0.0246. The van der Waals surface area contributed by atoms with E-state index in [2.05, 4.69) is 25.9 Å². The van der Waals surface area contributed by atoms with E-state index in [1.165, 1.54) is 6.20 Å². The molecule has 1 aliphatic heterocycles. The quantitative estimate of drug-likeness (QED) is 0.851. The Morgan fingerprint density at radius 2 is 2.00 bits per heavy atom. The minimum atomic E-state index is -0.942. The molecule has 0 radical (unpaired) electrons. The summed E-state index contributed by atoms with van der Waals surface area (Å²) in [6.07, 6.45) is 3.05. The van der Waals surface area contributed by atoms with Gasteiger partial charge in [-0.3, -0.25) is 9.48 Å². The van der Waals surface area contributed by atoms with Crippen molar-refractivity contribution in [3.05, 3.63) is 17.5 Å². The van der Waals surface area contributed by atoms with Crippen molar-refractivity contribution in [2.45, 2.75) is 51.8 Å². The topological polar surface area (TPSA) is 75.4 Å². The third-order valence-corrected chi connectivity index (χ3v) is 6.03. The van der Waals surface area contributed by atoms with Crippen LogP contribution in [0.5, 0.6) is 0 Å². The highest BCUT2D eigenvalue weighted by molar-refractivity contribution is 8.00. The smallest absolute Gasteiger partial charge is 0.339 e. The molecular weight excluding hydrogens is 326 g/mol. The summed E-state index contributed by atoms with van der Waals surface area (Å²) < 4.78 is 1.81.